The van der Waals surface area contributed by atoms with E-state index in [4.69, 9.17) is 0 Å². The van der Waals surface area contributed by atoms with Gasteiger partial charge in [0.25, 0.3) is 5.91 Å². The van der Waals surface area contributed by atoms with Crippen LogP contribution in [0.3, 0.4) is 0 Å². The second-order valence-corrected chi connectivity index (χ2v) is 8.20. The van der Waals surface area contributed by atoms with Crippen molar-refractivity contribution in [2.24, 2.45) is 5.92 Å². The molecular weight excluding hydrogens is 402 g/mol. The maximum Gasteiger partial charge on any atom is 0.314 e. The van der Waals surface area contributed by atoms with Gasteiger partial charge in [0.05, 0.1) is 18.0 Å². The van der Waals surface area contributed by atoms with E-state index in [2.05, 4.69) is 11.9 Å². The Morgan fingerprint density at radius 2 is 2.03 bits per heavy atom. The second-order valence-electron chi connectivity index (χ2n) is 7.16. The number of benzene rings is 1. The van der Waals surface area contributed by atoms with Crippen LogP contribution < -0.4 is 5.32 Å². The van der Waals surface area contributed by atoms with Gasteiger partial charge >= 0.3 is 5.97 Å². The van der Waals surface area contributed by atoms with Crippen LogP contribution in [0.2, 0.25) is 0 Å². The van der Waals surface area contributed by atoms with Crippen molar-refractivity contribution in [3.63, 3.8) is 0 Å². The minimum Gasteiger partial charge on any atom is -0.481 e. The molecule has 7 nitrogen and oxygen atoms in total. The SMILES string of the molecule is C=CC(C(=O)O)C1=C(c2ccccc2)N2C(=O)[C@@H](NC(=O)Cc3cccs3)CN2C1. The minimum absolute atomic E-state index is 0.210. The predicted octanol–water partition coefficient (Wildman–Crippen LogP) is 2.15. The molecule has 2 aliphatic rings. The fourth-order valence-corrected chi connectivity index (χ4v) is 4.62. The summed E-state index contributed by atoms with van der Waals surface area (Å²) >= 11 is 1.49. The van der Waals surface area contributed by atoms with Crippen molar-refractivity contribution < 1.29 is 19.5 Å². The molecule has 3 heterocycles. The Kier molecular flexibility index (Phi) is 5.52. The number of rotatable bonds is 7. The first-order chi connectivity index (χ1) is 14.5. The number of nitrogens with one attached hydrogen (secondary N) is 1. The third-order valence-electron chi connectivity index (χ3n) is 5.23. The van der Waals surface area contributed by atoms with Gasteiger partial charge in [-0.3, -0.25) is 14.4 Å². The van der Waals surface area contributed by atoms with Gasteiger partial charge in [0.2, 0.25) is 5.91 Å². The highest BCUT2D eigenvalue weighted by Crippen LogP contribution is 2.39. The van der Waals surface area contributed by atoms with Crippen molar-refractivity contribution in [2.75, 3.05) is 13.1 Å². The number of fused-ring (bicyclic) bond motifs is 1. The standard InChI is InChI=1S/C22H21N3O4S/c1-2-16(22(28)29)17-12-24-13-18(23-19(26)11-15-9-6-10-30-15)21(27)25(24)20(17)14-7-4-3-5-8-14/h2-10,16,18H,1,11-13H2,(H,23,26)(H,28,29)/t16?,18-/m0/s1. The van der Waals surface area contributed by atoms with Crippen LogP contribution in [-0.4, -0.2) is 52.0 Å². The van der Waals surface area contributed by atoms with Crippen molar-refractivity contribution in [1.82, 2.24) is 15.3 Å². The van der Waals surface area contributed by atoms with Gasteiger partial charge in [-0.15, -0.1) is 17.9 Å². The largest absolute Gasteiger partial charge is 0.481 e. The Bertz CT molecular complexity index is 1020. The Balaban J connectivity index is 1.61. The van der Waals surface area contributed by atoms with Crippen LogP contribution in [0.1, 0.15) is 10.4 Å². The van der Waals surface area contributed by atoms with Gasteiger partial charge in [-0.1, -0.05) is 42.5 Å². The van der Waals surface area contributed by atoms with Crippen molar-refractivity contribution in [2.45, 2.75) is 12.5 Å². The summed E-state index contributed by atoms with van der Waals surface area (Å²) in [6.07, 6.45) is 1.61. The summed E-state index contributed by atoms with van der Waals surface area (Å²) in [6, 6.07) is 12.3. The topological polar surface area (TPSA) is 90.0 Å². The third-order valence-corrected chi connectivity index (χ3v) is 6.10. The van der Waals surface area contributed by atoms with E-state index in [0.717, 1.165) is 10.4 Å². The maximum atomic E-state index is 13.2. The zero-order valence-electron chi connectivity index (χ0n) is 16.2. The number of carboxylic acid groups (broad SMARTS) is 1. The lowest BCUT2D eigenvalue weighted by molar-refractivity contribution is -0.139. The van der Waals surface area contributed by atoms with Gasteiger partial charge in [-0.25, -0.2) is 10.0 Å². The number of amides is 2. The highest BCUT2D eigenvalue weighted by molar-refractivity contribution is 7.10. The van der Waals surface area contributed by atoms with E-state index in [1.54, 1.807) is 5.01 Å². The van der Waals surface area contributed by atoms with E-state index in [1.165, 1.54) is 22.4 Å². The van der Waals surface area contributed by atoms with Crippen LogP contribution in [0.5, 0.6) is 0 Å². The molecular formula is C22H21N3O4S. The molecule has 0 aliphatic carbocycles. The first-order valence-electron chi connectivity index (χ1n) is 9.54. The highest BCUT2D eigenvalue weighted by atomic mass is 32.1. The van der Waals surface area contributed by atoms with E-state index in [0.29, 0.717) is 17.8 Å². The van der Waals surface area contributed by atoms with E-state index < -0.39 is 17.9 Å². The Hall–Kier alpha value is -3.23. The van der Waals surface area contributed by atoms with Gasteiger partial charge in [0.15, 0.2) is 0 Å². The van der Waals surface area contributed by atoms with Crippen LogP contribution in [0.15, 0.2) is 66.1 Å². The molecule has 2 N–H and O–H groups in total. The second kappa shape index (κ2) is 8.25. The first kappa shape index (κ1) is 20.1. The number of hydrogen-bond donors (Lipinski definition) is 2. The predicted molar refractivity (Wildman–Crippen MR) is 113 cm³/mol. The first-order valence-corrected chi connectivity index (χ1v) is 10.4. The molecule has 30 heavy (non-hydrogen) atoms. The molecule has 2 atom stereocenters. The fourth-order valence-electron chi connectivity index (χ4n) is 3.92. The average molecular weight is 423 g/mol. The van der Waals surface area contributed by atoms with Crippen LogP contribution in [-0.2, 0) is 20.8 Å². The van der Waals surface area contributed by atoms with E-state index in [9.17, 15) is 19.5 Å². The molecule has 2 aromatic rings. The van der Waals surface area contributed by atoms with Crippen LogP contribution in [0, 0.1) is 5.92 Å². The number of carbonyl (C=O) groups is 3. The summed E-state index contributed by atoms with van der Waals surface area (Å²) in [7, 11) is 0. The third kappa shape index (κ3) is 3.67. The fraction of sp³-hybridized carbons (Fsp3) is 0.227. The lowest BCUT2D eigenvalue weighted by Gasteiger charge is -2.22. The molecule has 0 radical (unpaired) electrons. The lowest BCUT2D eigenvalue weighted by Crippen LogP contribution is -2.43. The number of hydrazine groups is 1. The molecule has 1 aromatic heterocycles. The summed E-state index contributed by atoms with van der Waals surface area (Å²) in [5.41, 5.74) is 1.92. The Morgan fingerprint density at radius 1 is 1.27 bits per heavy atom. The average Bonchev–Trinajstić information content (AvgIpc) is 3.42. The minimum atomic E-state index is -1.01. The molecule has 1 fully saturated rings. The summed E-state index contributed by atoms with van der Waals surface area (Å²) < 4.78 is 0. The van der Waals surface area contributed by atoms with Crippen LogP contribution in [0.4, 0.5) is 0 Å². The summed E-state index contributed by atoms with van der Waals surface area (Å²) in [6.45, 7) is 4.24. The normalized spacial score (nSPS) is 19.7. The summed E-state index contributed by atoms with van der Waals surface area (Å²) in [5, 5.41) is 17.7. The molecule has 0 bridgehead atoms. The number of carbonyl (C=O) groups excluding carboxylic acids is 2. The zero-order valence-corrected chi connectivity index (χ0v) is 17.0. The number of aliphatic carboxylic acids is 1. The van der Waals surface area contributed by atoms with Gasteiger partial charge in [0, 0.05) is 18.0 Å². The molecule has 1 unspecified atom stereocenters. The van der Waals surface area contributed by atoms with Gasteiger partial charge < -0.3 is 10.4 Å². The molecule has 4 rings (SSSR count). The van der Waals surface area contributed by atoms with Crippen molar-refractivity contribution in [3.8, 4) is 0 Å². The lowest BCUT2D eigenvalue weighted by atomic mass is 9.94. The smallest absolute Gasteiger partial charge is 0.314 e. The van der Waals surface area contributed by atoms with E-state index in [-0.39, 0.29) is 24.8 Å². The zero-order chi connectivity index (χ0) is 21.3. The monoisotopic (exact) mass is 423 g/mol. The number of thiophene rings is 1. The van der Waals surface area contributed by atoms with Crippen LogP contribution in [0.25, 0.3) is 5.70 Å². The molecule has 1 saturated heterocycles. The number of hydrogen-bond acceptors (Lipinski definition) is 5. The summed E-state index contributed by atoms with van der Waals surface area (Å²) in [5.74, 6) is -2.38. The molecule has 0 saturated carbocycles. The molecule has 8 heteroatoms. The van der Waals surface area contributed by atoms with E-state index in [1.807, 2.05) is 47.8 Å². The van der Waals surface area contributed by atoms with E-state index >= 15 is 0 Å². The molecule has 0 spiro atoms. The molecule has 154 valence electrons. The van der Waals surface area contributed by atoms with Crippen molar-refractivity contribution >= 4 is 34.8 Å². The van der Waals surface area contributed by atoms with Gasteiger partial charge in [0.1, 0.15) is 6.04 Å². The quantitative estimate of drug-likeness (QED) is 0.666. The maximum absolute atomic E-state index is 13.2. The highest BCUT2D eigenvalue weighted by Gasteiger charge is 2.47. The molecule has 2 aliphatic heterocycles. The summed E-state index contributed by atoms with van der Waals surface area (Å²) in [4.78, 5) is 38.3. The van der Waals surface area contributed by atoms with Crippen LogP contribution >= 0.6 is 11.3 Å². The van der Waals surface area contributed by atoms with Crippen molar-refractivity contribution in [1.29, 1.82) is 0 Å². The van der Waals surface area contributed by atoms with Crippen molar-refractivity contribution in [3.05, 3.63) is 76.5 Å². The van der Waals surface area contributed by atoms with Gasteiger partial charge in [-0.05, 0) is 22.6 Å². The van der Waals surface area contributed by atoms with Gasteiger partial charge in [-0.2, -0.15) is 0 Å². The number of nitrogens with zero attached hydrogens (tertiary/aromatic N) is 2. The Labute approximate surface area is 177 Å². The number of carboxylic acids is 1. The Morgan fingerprint density at radius 3 is 2.67 bits per heavy atom. The molecule has 1 aromatic carbocycles. The molecule has 2 amide bonds.